The summed E-state index contributed by atoms with van der Waals surface area (Å²) in [6, 6.07) is 10.0. The monoisotopic (exact) mass is 302 g/mol. The molecule has 1 aliphatic rings. The Kier molecular flexibility index (Phi) is 6.63. The van der Waals surface area contributed by atoms with E-state index in [-0.39, 0.29) is 5.78 Å². The first-order chi connectivity index (χ1) is 10.7. The number of carbonyl (C=O) groups excluding carboxylic acids is 1. The highest BCUT2D eigenvalue weighted by atomic mass is 16.3. The van der Waals surface area contributed by atoms with Gasteiger partial charge in [-0.3, -0.25) is 4.79 Å². The predicted molar refractivity (Wildman–Crippen MR) is 91.0 cm³/mol. The first-order valence-corrected chi connectivity index (χ1v) is 8.98. The van der Waals surface area contributed by atoms with E-state index in [4.69, 9.17) is 0 Å². The largest absolute Gasteiger partial charge is 0.392 e. The lowest BCUT2D eigenvalue weighted by Gasteiger charge is -2.36. The molecule has 0 radical (unpaired) electrons. The second-order valence-corrected chi connectivity index (χ2v) is 6.69. The molecule has 2 rings (SSSR count). The normalized spacial score (nSPS) is 25.6. The van der Waals surface area contributed by atoms with Crippen LogP contribution in [0.2, 0.25) is 0 Å². The fraction of sp³-hybridized carbons (Fsp3) is 0.650. The maximum atomic E-state index is 13.1. The summed E-state index contributed by atoms with van der Waals surface area (Å²) < 4.78 is 0. The lowest BCUT2D eigenvalue weighted by molar-refractivity contribution is -0.129. The average Bonchev–Trinajstić information content (AvgIpc) is 2.75. The highest BCUT2D eigenvalue weighted by molar-refractivity contribution is 5.91. The van der Waals surface area contributed by atoms with Crippen molar-refractivity contribution in [2.45, 2.75) is 82.7 Å². The van der Waals surface area contributed by atoms with Crippen molar-refractivity contribution >= 4 is 5.78 Å². The first kappa shape index (κ1) is 17.2. The molecule has 0 amide bonds. The second-order valence-electron chi connectivity index (χ2n) is 6.69. The molecule has 0 spiro atoms. The van der Waals surface area contributed by atoms with Crippen molar-refractivity contribution in [3.63, 3.8) is 0 Å². The van der Waals surface area contributed by atoms with Crippen LogP contribution >= 0.6 is 0 Å². The van der Waals surface area contributed by atoms with Crippen LogP contribution in [0.1, 0.15) is 76.7 Å². The molecule has 0 aliphatic heterocycles. The molecule has 2 nitrogen and oxygen atoms in total. The Bertz CT molecular complexity index is 454. The molecule has 1 N–H and O–H groups in total. The number of hydrogen-bond acceptors (Lipinski definition) is 2. The number of rotatable bonds is 7. The summed E-state index contributed by atoms with van der Waals surface area (Å²) in [6.07, 6.45) is 9.23. The standard InChI is InChI=1S/C20H30O2/c1-2-3-4-9-14-18(21)20(17-12-7-5-8-13-17)16-11-6-10-15-19(20)22/h5,7-8,12-13,19,22H,2-4,6,9-11,14-16H2,1H3/t19-,20+/m0/s1. The van der Waals surface area contributed by atoms with E-state index < -0.39 is 11.5 Å². The van der Waals surface area contributed by atoms with Crippen molar-refractivity contribution < 1.29 is 9.90 Å². The van der Waals surface area contributed by atoms with Gasteiger partial charge in [0.05, 0.1) is 11.5 Å². The quantitative estimate of drug-likeness (QED) is 0.581. The third kappa shape index (κ3) is 3.78. The van der Waals surface area contributed by atoms with Crippen LogP contribution in [-0.2, 0) is 10.2 Å². The number of hydrogen-bond donors (Lipinski definition) is 1. The zero-order valence-corrected chi connectivity index (χ0v) is 13.9. The van der Waals surface area contributed by atoms with Crippen molar-refractivity contribution in [2.75, 3.05) is 0 Å². The summed E-state index contributed by atoms with van der Waals surface area (Å²) in [5.74, 6) is 0.254. The summed E-state index contributed by atoms with van der Waals surface area (Å²) in [6.45, 7) is 2.18. The molecule has 0 unspecified atom stereocenters. The van der Waals surface area contributed by atoms with Crippen LogP contribution in [0.15, 0.2) is 30.3 Å². The number of aliphatic hydroxyl groups excluding tert-OH is 1. The van der Waals surface area contributed by atoms with Gasteiger partial charge in [-0.25, -0.2) is 0 Å². The number of unbranched alkanes of at least 4 members (excludes halogenated alkanes) is 3. The second kappa shape index (κ2) is 8.47. The minimum absolute atomic E-state index is 0.254. The van der Waals surface area contributed by atoms with Gasteiger partial charge in [-0.05, 0) is 24.8 Å². The topological polar surface area (TPSA) is 37.3 Å². The molecule has 22 heavy (non-hydrogen) atoms. The van der Waals surface area contributed by atoms with Gasteiger partial charge in [0.15, 0.2) is 0 Å². The zero-order valence-electron chi connectivity index (χ0n) is 13.9. The van der Waals surface area contributed by atoms with Gasteiger partial charge in [0, 0.05) is 6.42 Å². The molecule has 0 bridgehead atoms. The Balaban J connectivity index is 2.23. The summed E-state index contributed by atoms with van der Waals surface area (Å²) in [4.78, 5) is 13.1. The molecule has 1 aromatic carbocycles. The number of ketones is 1. The van der Waals surface area contributed by atoms with Gasteiger partial charge in [0.1, 0.15) is 5.78 Å². The summed E-state index contributed by atoms with van der Waals surface area (Å²) in [5, 5.41) is 10.8. The minimum atomic E-state index is -0.663. The Morgan fingerprint density at radius 1 is 1.14 bits per heavy atom. The van der Waals surface area contributed by atoms with Crippen molar-refractivity contribution in [3.05, 3.63) is 35.9 Å². The molecule has 1 fully saturated rings. The van der Waals surface area contributed by atoms with Crippen LogP contribution in [0.5, 0.6) is 0 Å². The van der Waals surface area contributed by atoms with Crippen LogP contribution < -0.4 is 0 Å². The smallest absolute Gasteiger partial charge is 0.146 e. The molecule has 2 atom stereocenters. The van der Waals surface area contributed by atoms with E-state index >= 15 is 0 Å². The van der Waals surface area contributed by atoms with Crippen molar-refractivity contribution in [1.82, 2.24) is 0 Å². The van der Waals surface area contributed by atoms with Gasteiger partial charge in [-0.15, -0.1) is 0 Å². The van der Waals surface area contributed by atoms with Crippen LogP contribution in [-0.4, -0.2) is 17.0 Å². The number of benzene rings is 1. The highest BCUT2D eigenvalue weighted by Gasteiger charge is 2.45. The average molecular weight is 302 g/mol. The van der Waals surface area contributed by atoms with Gasteiger partial charge in [0.25, 0.3) is 0 Å². The molecule has 1 aromatic rings. The zero-order chi connectivity index (χ0) is 15.8. The number of aliphatic hydroxyl groups is 1. The third-order valence-electron chi connectivity index (χ3n) is 5.16. The van der Waals surface area contributed by atoms with Crippen LogP contribution in [0, 0.1) is 0 Å². The van der Waals surface area contributed by atoms with E-state index in [2.05, 4.69) is 6.92 Å². The van der Waals surface area contributed by atoms with E-state index in [1.807, 2.05) is 30.3 Å². The van der Waals surface area contributed by atoms with E-state index in [1.165, 1.54) is 12.8 Å². The lowest BCUT2D eigenvalue weighted by Crippen LogP contribution is -2.46. The van der Waals surface area contributed by atoms with Crippen molar-refractivity contribution in [2.24, 2.45) is 0 Å². The minimum Gasteiger partial charge on any atom is -0.392 e. The predicted octanol–water partition coefficient (Wildman–Crippen LogP) is 4.79. The summed E-state index contributed by atoms with van der Waals surface area (Å²) in [5.41, 5.74) is 0.356. The van der Waals surface area contributed by atoms with Gasteiger partial charge < -0.3 is 5.11 Å². The van der Waals surface area contributed by atoms with Crippen molar-refractivity contribution in [3.8, 4) is 0 Å². The van der Waals surface area contributed by atoms with Gasteiger partial charge >= 0.3 is 0 Å². The Hall–Kier alpha value is -1.15. The highest BCUT2D eigenvalue weighted by Crippen LogP contribution is 2.40. The van der Waals surface area contributed by atoms with E-state index in [9.17, 15) is 9.90 Å². The van der Waals surface area contributed by atoms with Crippen LogP contribution in [0.4, 0.5) is 0 Å². The first-order valence-electron chi connectivity index (χ1n) is 8.98. The maximum absolute atomic E-state index is 13.1. The number of carbonyl (C=O) groups is 1. The fourth-order valence-electron chi connectivity index (χ4n) is 3.83. The molecule has 1 saturated carbocycles. The van der Waals surface area contributed by atoms with Crippen LogP contribution in [0.3, 0.4) is 0 Å². The Labute approximate surface area is 134 Å². The molecular formula is C20H30O2. The fourth-order valence-corrected chi connectivity index (χ4v) is 3.83. The number of Topliss-reactive ketones (excluding diaryl/α,β-unsaturated/α-hetero) is 1. The third-order valence-corrected chi connectivity index (χ3v) is 5.16. The van der Waals surface area contributed by atoms with E-state index in [1.54, 1.807) is 0 Å². The van der Waals surface area contributed by atoms with Crippen LogP contribution in [0.25, 0.3) is 0 Å². The molecule has 122 valence electrons. The summed E-state index contributed by atoms with van der Waals surface area (Å²) in [7, 11) is 0. The SMILES string of the molecule is CCCCCCC(=O)[C@]1(c2ccccc2)CCCCC[C@@H]1O. The summed E-state index contributed by atoms with van der Waals surface area (Å²) >= 11 is 0. The Morgan fingerprint density at radius 2 is 1.91 bits per heavy atom. The molecule has 0 saturated heterocycles. The maximum Gasteiger partial charge on any atom is 0.146 e. The molecule has 1 aliphatic carbocycles. The van der Waals surface area contributed by atoms with Crippen molar-refractivity contribution in [1.29, 1.82) is 0 Å². The Morgan fingerprint density at radius 3 is 2.64 bits per heavy atom. The molecule has 2 heteroatoms. The van der Waals surface area contributed by atoms with E-state index in [0.717, 1.165) is 50.5 Å². The molecular weight excluding hydrogens is 272 g/mol. The lowest BCUT2D eigenvalue weighted by atomic mass is 9.68. The van der Waals surface area contributed by atoms with E-state index in [0.29, 0.717) is 6.42 Å². The van der Waals surface area contributed by atoms with Gasteiger partial charge in [0.2, 0.25) is 0 Å². The molecule has 0 heterocycles. The molecule has 0 aromatic heterocycles. The van der Waals surface area contributed by atoms with Gasteiger partial charge in [-0.1, -0.05) is 75.8 Å². The van der Waals surface area contributed by atoms with Gasteiger partial charge in [-0.2, -0.15) is 0 Å².